The van der Waals surface area contributed by atoms with Crippen LogP contribution in [0, 0.1) is 6.92 Å². The Bertz CT molecular complexity index is 1960. The summed E-state index contributed by atoms with van der Waals surface area (Å²) in [6, 6.07) is 38.3. The first kappa shape index (κ1) is 35.4. The summed E-state index contributed by atoms with van der Waals surface area (Å²) in [7, 11) is -4.23. The standard InChI is InChI=1S/C39H38BrN3O5S/c1-3-41-39(45)37(26-30-11-6-4-7-12-30)42(27-31-13-10-14-32(40)25-31)38(44)28-43(49(46,47)36-23-17-29(2)18-24-36)33-19-21-35(22-20-33)48-34-15-8-5-9-16-34/h4-25,37H,3,26-28H2,1-2H3,(H,41,45)/t37-/m1/s1. The summed E-state index contributed by atoms with van der Waals surface area (Å²) in [5, 5.41) is 2.88. The third kappa shape index (κ3) is 9.37. The molecule has 0 bridgehead atoms. The summed E-state index contributed by atoms with van der Waals surface area (Å²) < 4.78 is 36.5. The van der Waals surface area contributed by atoms with Gasteiger partial charge < -0.3 is 15.0 Å². The van der Waals surface area contributed by atoms with E-state index in [1.807, 2.05) is 98.8 Å². The van der Waals surface area contributed by atoms with Crippen molar-refractivity contribution in [2.45, 2.75) is 37.8 Å². The molecule has 0 aliphatic rings. The van der Waals surface area contributed by atoms with E-state index in [2.05, 4.69) is 21.2 Å². The van der Waals surface area contributed by atoms with Gasteiger partial charge in [-0.3, -0.25) is 13.9 Å². The zero-order valence-corrected chi connectivity index (χ0v) is 29.7. The maximum Gasteiger partial charge on any atom is 0.264 e. The van der Waals surface area contributed by atoms with Gasteiger partial charge >= 0.3 is 0 Å². The molecule has 0 saturated carbocycles. The first-order valence-corrected chi connectivity index (χ1v) is 18.2. The van der Waals surface area contributed by atoms with Gasteiger partial charge in [-0.15, -0.1) is 0 Å². The van der Waals surface area contributed by atoms with Crippen LogP contribution in [0.3, 0.4) is 0 Å². The molecule has 0 aliphatic heterocycles. The number of aryl methyl sites for hydroxylation is 1. The molecule has 5 aromatic rings. The molecule has 5 aromatic carbocycles. The smallest absolute Gasteiger partial charge is 0.264 e. The summed E-state index contributed by atoms with van der Waals surface area (Å²) in [6.07, 6.45) is 0.239. The molecular formula is C39H38BrN3O5S. The highest BCUT2D eigenvalue weighted by Crippen LogP contribution is 2.29. The number of hydrogen-bond acceptors (Lipinski definition) is 5. The number of hydrogen-bond donors (Lipinski definition) is 1. The van der Waals surface area contributed by atoms with Crippen molar-refractivity contribution >= 4 is 43.5 Å². The predicted molar refractivity (Wildman–Crippen MR) is 196 cm³/mol. The molecule has 8 nitrogen and oxygen atoms in total. The van der Waals surface area contributed by atoms with Gasteiger partial charge in [0.2, 0.25) is 11.8 Å². The van der Waals surface area contributed by atoms with Gasteiger partial charge in [0.1, 0.15) is 24.1 Å². The summed E-state index contributed by atoms with van der Waals surface area (Å²) in [5.41, 5.74) is 2.81. The van der Waals surface area contributed by atoms with Crippen molar-refractivity contribution < 1.29 is 22.7 Å². The first-order valence-electron chi connectivity index (χ1n) is 15.9. The van der Waals surface area contributed by atoms with Crippen molar-refractivity contribution in [3.63, 3.8) is 0 Å². The lowest BCUT2D eigenvalue weighted by Gasteiger charge is -2.34. The number of likely N-dealkylation sites (N-methyl/N-ethyl adjacent to an activating group) is 1. The van der Waals surface area contributed by atoms with Crippen molar-refractivity contribution in [3.8, 4) is 11.5 Å². The number of ether oxygens (including phenoxy) is 1. The van der Waals surface area contributed by atoms with E-state index in [4.69, 9.17) is 4.74 Å². The number of carbonyl (C=O) groups excluding carboxylic acids is 2. The number of rotatable bonds is 14. The SMILES string of the molecule is CCNC(=O)[C@@H](Cc1ccccc1)N(Cc1cccc(Br)c1)C(=O)CN(c1ccc(Oc2ccccc2)cc1)S(=O)(=O)c1ccc(C)cc1. The van der Waals surface area contributed by atoms with Gasteiger partial charge in [0, 0.05) is 24.0 Å². The molecule has 49 heavy (non-hydrogen) atoms. The van der Waals surface area contributed by atoms with Crippen LogP contribution >= 0.6 is 15.9 Å². The Morgan fingerprint density at radius 2 is 1.39 bits per heavy atom. The van der Waals surface area contributed by atoms with E-state index in [0.717, 1.165) is 25.5 Å². The lowest BCUT2D eigenvalue weighted by molar-refractivity contribution is -0.140. The number of anilines is 1. The van der Waals surface area contributed by atoms with E-state index < -0.39 is 28.5 Å². The van der Waals surface area contributed by atoms with Gasteiger partial charge in [0.25, 0.3) is 10.0 Å². The largest absolute Gasteiger partial charge is 0.457 e. The summed E-state index contributed by atoms with van der Waals surface area (Å²) in [6.45, 7) is 3.59. The average Bonchev–Trinajstić information content (AvgIpc) is 3.10. The van der Waals surface area contributed by atoms with E-state index >= 15 is 0 Å². The fourth-order valence-electron chi connectivity index (χ4n) is 5.35. The Balaban J connectivity index is 1.55. The van der Waals surface area contributed by atoms with Gasteiger partial charge in [-0.2, -0.15) is 0 Å². The number of amides is 2. The molecule has 0 heterocycles. The highest BCUT2D eigenvalue weighted by molar-refractivity contribution is 9.10. The highest BCUT2D eigenvalue weighted by atomic mass is 79.9. The van der Waals surface area contributed by atoms with Gasteiger partial charge in [-0.1, -0.05) is 94.3 Å². The van der Waals surface area contributed by atoms with Crippen LogP contribution in [0.2, 0.25) is 0 Å². The minimum Gasteiger partial charge on any atom is -0.457 e. The Kier molecular flexibility index (Phi) is 11.9. The summed E-state index contributed by atoms with van der Waals surface area (Å²) >= 11 is 3.51. The van der Waals surface area contributed by atoms with E-state index in [1.165, 1.54) is 17.0 Å². The molecule has 0 fully saturated rings. The van der Waals surface area contributed by atoms with Crippen LogP contribution in [-0.4, -0.2) is 44.3 Å². The molecule has 252 valence electrons. The number of sulfonamides is 1. The van der Waals surface area contributed by atoms with Crippen molar-refractivity contribution in [2.75, 3.05) is 17.4 Å². The molecule has 5 rings (SSSR count). The Morgan fingerprint density at radius 1 is 0.776 bits per heavy atom. The number of halogens is 1. The number of carbonyl (C=O) groups is 2. The first-order chi connectivity index (χ1) is 23.6. The fraction of sp³-hybridized carbons (Fsp3) is 0.179. The molecule has 2 amide bonds. The third-order valence-corrected chi connectivity index (χ3v) is 10.1. The number of nitrogens with zero attached hydrogens (tertiary/aromatic N) is 2. The number of para-hydroxylation sites is 1. The third-order valence-electron chi connectivity index (χ3n) is 7.86. The van der Waals surface area contributed by atoms with Crippen LogP contribution in [0.15, 0.2) is 143 Å². The molecule has 0 unspecified atom stereocenters. The second kappa shape index (κ2) is 16.5. The zero-order valence-electron chi connectivity index (χ0n) is 27.3. The molecule has 0 spiro atoms. The highest BCUT2D eigenvalue weighted by Gasteiger charge is 2.34. The quantitative estimate of drug-likeness (QED) is 0.127. The minimum absolute atomic E-state index is 0.0404. The van der Waals surface area contributed by atoms with Crippen LogP contribution < -0.4 is 14.4 Å². The number of nitrogens with one attached hydrogen (secondary N) is 1. The Labute approximate surface area is 296 Å². The van der Waals surface area contributed by atoms with E-state index in [0.29, 0.717) is 18.0 Å². The lowest BCUT2D eigenvalue weighted by atomic mass is 10.0. The van der Waals surface area contributed by atoms with Crippen LogP contribution in [0.5, 0.6) is 11.5 Å². The molecular weight excluding hydrogens is 702 g/mol. The lowest BCUT2D eigenvalue weighted by Crippen LogP contribution is -2.53. The second-order valence-corrected chi connectivity index (χ2v) is 14.3. The molecule has 0 aliphatic carbocycles. The van der Waals surface area contributed by atoms with E-state index in [-0.39, 0.29) is 29.5 Å². The van der Waals surface area contributed by atoms with Crippen molar-refractivity contribution in [3.05, 3.63) is 155 Å². The van der Waals surface area contributed by atoms with Gasteiger partial charge in [-0.05, 0) is 85.6 Å². The van der Waals surface area contributed by atoms with Gasteiger partial charge in [0.05, 0.1) is 10.6 Å². The topological polar surface area (TPSA) is 96.0 Å². The summed E-state index contributed by atoms with van der Waals surface area (Å²) in [4.78, 5) is 29.8. The van der Waals surface area contributed by atoms with Crippen LogP contribution in [0.4, 0.5) is 5.69 Å². The maximum absolute atomic E-state index is 14.6. The van der Waals surface area contributed by atoms with Gasteiger partial charge in [-0.25, -0.2) is 8.42 Å². The van der Waals surface area contributed by atoms with Crippen LogP contribution in [-0.2, 0) is 32.6 Å². The normalized spacial score (nSPS) is 11.7. The predicted octanol–water partition coefficient (Wildman–Crippen LogP) is 7.52. The van der Waals surface area contributed by atoms with Gasteiger partial charge in [0.15, 0.2) is 0 Å². The second-order valence-electron chi connectivity index (χ2n) is 11.5. The van der Waals surface area contributed by atoms with Crippen LogP contribution in [0.25, 0.3) is 0 Å². The molecule has 10 heteroatoms. The van der Waals surface area contributed by atoms with Crippen molar-refractivity contribution in [2.24, 2.45) is 0 Å². The van der Waals surface area contributed by atoms with Crippen molar-refractivity contribution in [1.29, 1.82) is 0 Å². The Morgan fingerprint density at radius 3 is 2.02 bits per heavy atom. The molecule has 0 radical (unpaired) electrons. The molecule has 1 atom stereocenters. The monoisotopic (exact) mass is 739 g/mol. The number of benzene rings is 5. The van der Waals surface area contributed by atoms with Crippen LogP contribution in [0.1, 0.15) is 23.6 Å². The molecule has 0 aromatic heterocycles. The van der Waals surface area contributed by atoms with E-state index in [1.54, 1.807) is 36.4 Å². The minimum atomic E-state index is -4.23. The van der Waals surface area contributed by atoms with Crippen molar-refractivity contribution in [1.82, 2.24) is 10.2 Å². The molecule has 1 N–H and O–H groups in total. The average molecular weight is 741 g/mol. The maximum atomic E-state index is 14.6. The Hall–Kier alpha value is -4.93. The molecule has 0 saturated heterocycles. The fourth-order valence-corrected chi connectivity index (χ4v) is 7.21. The summed E-state index contributed by atoms with van der Waals surface area (Å²) in [5.74, 6) is 0.273. The van der Waals surface area contributed by atoms with E-state index in [9.17, 15) is 18.0 Å². The zero-order chi connectivity index (χ0) is 34.8.